The smallest absolute Gasteiger partial charge is 0.0680 e. The number of benzene rings is 1. The average Bonchev–Trinajstić information content (AvgIpc) is 2.94. The van der Waals surface area contributed by atoms with Gasteiger partial charge >= 0.3 is 0 Å². The van der Waals surface area contributed by atoms with Gasteiger partial charge in [-0.05, 0) is 44.8 Å². The summed E-state index contributed by atoms with van der Waals surface area (Å²) in [5, 5.41) is 0. The van der Waals surface area contributed by atoms with E-state index >= 15 is 0 Å². The predicted molar refractivity (Wildman–Crippen MR) is 75.7 cm³/mol. The van der Waals surface area contributed by atoms with E-state index in [1.54, 1.807) is 0 Å². The lowest BCUT2D eigenvalue weighted by atomic mass is 10.0. The Hall–Kier alpha value is -1.22. The third kappa shape index (κ3) is 2.32. The van der Waals surface area contributed by atoms with Gasteiger partial charge in [-0.25, -0.2) is 0 Å². The molecule has 0 saturated carbocycles. The Labute approximate surface area is 110 Å². The molecule has 2 heterocycles. The number of anilines is 2. The van der Waals surface area contributed by atoms with Gasteiger partial charge in [-0.2, -0.15) is 0 Å². The topological polar surface area (TPSA) is 32.5 Å². The minimum atomic E-state index is 0.800. The van der Waals surface area contributed by atoms with E-state index < -0.39 is 0 Å². The highest BCUT2D eigenvalue weighted by Gasteiger charge is 2.26. The second-order valence-electron chi connectivity index (χ2n) is 5.44. The van der Waals surface area contributed by atoms with Gasteiger partial charge in [0, 0.05) is 25.2 Å². The van der Waals surface area contributed by atoms with Crippen LogP contribution in [0.15, 0.2) is 18.2 Å². The van der Waals surface area contributed by atoms with Gasteiger partial charge in [-0.1, -0.05) is 12.1 Å². The van der Waals surface area contributed by atoms with E-state index in [-0.39, 0.29) is 0 Å². The van der Waals surface area contributed by atoms with Gasteiger partial charge < -0.3 is 15.5 Å². The van der Waals surface area contributed by atoms with Gasteiger partial charge in [-0.15, -0.1) is 0 Å². The zero-order chi connectivity index (χ0) is 12.4. The lowest BCUT2D eigenvalue weighted by Crippen LogP contribution is -2.44. The first-order chi connectivity index (χ1) is 8.84. The predicted octanol–water partition coefficient (Wildman–Crippen LogP) is 2.13. The molecule has 3 rings (SSSR count). The van der Waals surface area contributed by atoms with E-state index in [9.17, 15) is 0 Å². The van der Waals surface area contributed by atoms with Crippen molar-refractivity contribution in [1.29, 1.82) is 0 Å². The Bertz CT molecular complexity index is 390. The van der Waals surface area contributed by atoms with Crippen molar-refractivity contribution in [2.24, 2.45) is 0 Å². The van der Waals surface area contributed by atoms with Crippen LogP contribution < -0.4 is 10.6 Å². The summed E-state index contributed by atoms with van der Waals surface area (Å²) in [5.74, 6) is 0. The molecule has 1 aromatic rings. The number of nitrogens with zero attached hydrogens (tertiary/aromatic N) is 2. The molecule has 0 atom stereocenters. The SMILES string of the molecule is Nc1ccc[c]c1N1CCC(N2CCCC2)CC1. The van der Waals surface area contributed by atoms with Crippen molar-refractivity contribution in [3.05, 3.63) is 24.3 Å². The Balaban J connectivity index is 1.61. The van der Waals surface area contributed by atoms with Crippen LogP contribution in [0.5, 0.6) is 0 Å². The Kier molecular flexibility index (Phi) is 3.41. The van der Waals surface area contributed by atoms with Crippen LogP contribution in [0.4, 0.5) is 11.4 Å². The molecular weight excluding hydrogens is 222 g/mol. The summed E-state index contributed by atoms with van der Waals surface area (Å²) >= 11 is 0. The number of hydrogen-bond donors (Lipinski definition) is 1. The van der Waals surface area contributed by atoms with Crippen molar-refractivity contribution in [3.8, 4) is 0 Å². The first kappa shape index (κ1) is 11.8. The molecule has 18 heavy (non-hydrogen) atoms. The van der Waals surface area contributed by atoms with Crippen molar-refractivity contribution in [1.82, 2.24) is 4.90 Å². The van der Waals surface area contributed by atoms with E-state index in [1.165, 1.54) is 38.8 Å². The van der Waals surface area contributed by atoms with Crippen molar-refractivity contribution in [3.63, 3.8) is 0 Å². The molecule has 0 aromatic heterocycles. The van der Waals surface area contributed by atoms with Crippen molar-refractivity contribution in [2.45, 2.75) is 31.7 Å². The van der Waals surface area contributed by atoms with E-state index in [2.05, 4.69) is 15.9 Å². The number of hydrogen-bond acceptors (Lipinski definition) is 3. The minimum absolute atomic E-state index is 0.800. The summed E-state index contributed by atoms with van der Waals surface area (Å²) in [7, 11) is 0. The van der Waals surface area contributed by atoms with E-state index in [1.807, 2.05) is 18.2 Å². The molecule has 97 valence electrons. The molecule has 0 spiro atoms. The number of nitrogen functional groups attached to an aromatic ring is 1. The summed E-state index contributed by atoms with van der Waals surface area (Å²) in [6, 6.07) is 9.96. The monoisotopic (exact) mass is 244 g/mol. The van der Waals surface area contributed by atoms with E-state index in [0.29, 0.717) is 0 Å². The lowest BCUT2D eigenvalue weighted by molar-refractivity contribution is 0.208. The molecule has 0 amide bonds. The second-order valence-corrected chi connectivity index (χ2v) is 5.44. The van der Waals surface area contributed by atoms with Crippen LogP contribution in [-0.2, 0) is 0 Å². The molecule has 0 bridgehead atoms. The molecule has 3 nitrogen and oxygen atoms in total. The number of nitrogens with two attached hydrogens (primary N) is 1. The Morgan fingerprint density at radius 1 is 1.11 bits per heavy atom. The molecule has 0 unspecified atom stereocenters. The second kappa shape index (κ2) is 5.19. The maximum atomic E-state index is 6.02. The summed E-state index contributed by atoms with van der Waals surface area (Å²) in [6.07, 6.45) is 5.31. The molecule has 0 aliphatic carbocycles. The quantitative estimate of drug-likeness (QED) is 0.809. The van der Waals surface area contributed by atoms with Gasteiger partial charge in [0.25, 0.3) is 0 Å². The number of rotatable bonds is 2. The lowest BCUT2D eigenvalue weighted by Gasteiger charge is -2.38. The maximum absolute atomic E-state index is 6.02. The highest BCUT2D eigenvalue weighted by atomic mass is 15.2. The highest BCUT2D eigenvalue weighted by Crippen LogP contribution is 2.27. The van der Waals surface area contributed by atoms with Crippen molar-refractivity contribution >= 4 is 11.4 Å². The van der Waals surface area contributed by atoms with Crippen LogP contribution >= 0.6 is 0 Å². The van der Waals surface area contributed by atoms with Crippen LogP contribution in [0.3, 0.4) is 0 Å². The summed E-state index contributed by atoms with van der Waals surface area (Å²) < 4.78 is 0. The fraction of sp³-hybridized carbons (Fsp3) is 0.600. The van der Waals surface area contributed by atoms with Gasteiger partial charge in [0.1, 0.15) is 0 Å². The molecule has 1 aromatic carbocycles. The first-order valence-corrected chi connectivity index (χ1v) is 7.10. The molecule has 2 aliphatic rings. The van der Waals surface area contributed by atoms with E-state index in [0.717, 1.165) is 30.5 Å². The standard InChI is InChI=1S/C15H22N3/c16-14-5-1-2-6-15(14)18-11-7-13(8-12-18)17-9-3-4-10-17/h1-2,5,13H,3-4,7-12,16H2. The first-order valence-electron chi connectivity index (χ1n) is 7.10. The maximum Gasteiger partial charge on any atom is 0.0680 e. The third-order valence-corrected chi connectivity index (χ3v) is 4.30. The van der Waals surface area contributed by atoms with Gasteiger partial charge in [-0.3, -0.25) is 0 Å². The number of likely N-dealkylation sites (tertiary alicyclic amines) is 1. The Morgan fingerprint density at radius 2 is 1.83 bits per heavy atom. The molecular formula is C15H22N3. The third-order valence-electron chi connectivity index (χ3n) is 4.30. The highest BCUT2D eigenvalue weighted by molar-refractivity contribution is 5.66. The Morgan fingerprint density at radius 3 is 2.50 bits per heavy atom. The van der Waals surface area contributed by atoms with Crippen LogP contribution in [0.25, 0.3) is 0 Å². The molecule has 3 heteroatoms. The molecule has 2 fully saturated rings. The number of piperidine rings is 1. The van der Waals surface area contributed by atoms with Crippen molar-refractivity contribution < 1.29 is 0 Å². The van der Waals surface area contributed by atoms with E-state index in [4.69, 9.17) is 5.73 Å². The summed E-state index contributed by atoms with van der Waals surface area (Å²) in [6.45, 7) is 4.85. The zero-order valence-corrected chi connectivity index (χ0v) is 10.9. The summed E-state index contributed by atoms with van der Waals surface area (Å²) in [5.41, 5.74) is 7.98. The van der Waals surface area contributed by atoms with Gasteiger partial charge in [0.15, 0.2) is 0 Å². The normalized spacial score (nSPS) is 22.6. The minimum Gasteiger partial charge on any atom is -0.397 e. The largest absolute Gasteiger partial charge is 0.397 e. The average molecular weight is 244 g/mol. The fourth-order valence-corrected chi connectivity index (χ4v) is 3.28. The zero-order valence-electron chi connectivity index (χ0n) is 10.9. The number of para-hydroxylation sites is 1. The van der Waals surface area contributed by atoms with Crippen LogP contribution in [-0.4, -0.2) is 37.1 Å². The fourth-order valence-electron chi connectivity index (χ4n) is 3.28. The molecule has 1 radical (unpaired) electrons. The van der Waals surface area contributed by atoms with Gasteiger partial charge in [0.05, 0.1) is 11.4 Å². The van der Waals surface area contributed by atoms with Crippen LogP contribution in [0.1, 0.15) is 25.7 Å². The molecule has 2 aliphatic heterocycles. The molecule has 2 N–H and O–H groups in total. The van der Waals surface area contributed by atoms with Crippen molar-refractivity contribution in [2.75, 3.05) is 36.8 Å². The van der Waals surface area contributed by atoms with Crippen LogP contribution in [0, 0.1) is 6.07 Å². The summed E-state index contributed by atoms with van der Waals surface area (Å²) in [4.78, 5) is 5.07. The van der Waals surface area contributed by atoms with Crippen LogP contribution in [0.2, 0.25) is 0 Å². The molecule has 2 saturated heterocycles. The van der Waals surface area contributed by atoms with Gasteiger partial charge in [0.2, 0.25) is 0 Å².